The molecule has 0 saturated heterocycles. The third-order valence-corrected chi connectivity index (χ3v) is 7.77. The van der Waals surface area contributed by atoms with Crippen LogP contribution in [0.25, 0.3) is 15.9 Å². The second-order valence-electron chi connectivity index (χ2n) is 8.54. The van der Waals surface area contributed by atoms with Gasteiger partial charge in [0.2, 0.25) is 16.2 Å². The van der Waals surface area contributed by atoms with Gasteiger partial charge in [0.15, 0.2) is 0 Å². The molecule has 152 valence electrons. The lowest BCUT2D eigenvalue weighted by atomic mass is 9.34. The first-order valence-electron chi connectivity index (χ1n) is 10.9. The Labute approximate surface area is 191 Å². The van der Waals surface area contributed by atoms with Crippen LogP contribution in [0.2, 0.25) is 0 Å². The number of aromatic nitrogens is 1. The molecule has 2 aliphatic rings. The minimum Gasteiger partial charge on any atom is -0.457 e. The van der Waals surface area contributed by atoms with Gasteiger partial charge in [-0.1, -0.05) is 65.9 Å². The summed E-state index contributed by atoms with van der Waals surface area (Å²) in [5.41, 5.74) is 9.73. The number of para-hydroxylation sites is 3. The van der Waals surface area contributed by atoms with Gasteiger partial charge in [-0.05, 0) is 35.4 Å². The van der Waals surface area contributed by atoms with Crippen LogP contribution in [-0.4, -0.2) is 6.71 Å². The number of fused-ring (bicyclic) bond motifs is 6. The van der Waals surface area contributed by atoms with Crippen LogP contribution >= 0.6 is 11.3 Å². The second kappa shape index (κ2) is 6.47. The summed E-state index contributed by atoms with van der Waals surface area (Å²) < 4.78 is 10.2. The van der Waals surface area contributed by atoms with E-state index in [9.17, 15) is 0 Å². The molecule has 1 aromatic heterocycles. The molecule has 3 heterocycles. The molecule has 5 aromatic rings. The highest BCUT2D eigenvalue weighted by Gasteiger charge is 2.41. The summed E-state index contributed by atoms with van der Waals surface area (Å²) in [7, 11) is 0. The van der Waals surface area contributed by atoms with E-state index in [-0.39, 0.29) is 6.71 Å². The summed E-state index contributed by atoms with van der Waals surface area (Å²) in [4.78, 5) is 0. The molecule has 0 spiro atoms. The number of rotatable bonds is 1. The van der Waals surface area contributed by atoms with Crippen molar-refractivity contribution in [1.29, 1.82) is 0 Å². The molecule has 7 rings (SSSR count). The van der Waals surface area contributed by atoms with Crippen molar-refractivity contribution < 1.29 is 9.30 Å². The normalized spacial score (nSPS) is 13.1. The zero-order chi connectivity index (χ0) is 21.4. The van der Waals surface area contributed by atoms with Gasteiger partial charge < -0.3 is 10.1 Å². The monoisotopic (exact) mass is 431 g/mol. The number of thiazole rings is 1. The molecule has 4 aromatic carbocycles. The van der Waals surface area contributed by atoms with E-state index in [1.54, 1.807) is 0 Å². The minimum absolute atomic E-state index is 0.168. The van der Waals surface area contributed by atoms with Crippen LogP contribution in [0.5, 0.6) is 11.5 Å². The number of nitrogens with one attached hydrogen (secondary N) is 1. The molecule has 3 nitrogen and oxygen atoms in total. The van der Waals surface area contributed by atoms with Gasteiger partial charge in [-0.2, -0.15) is 0 Å². The smallest absolute Gasteiger partial charge is 0.256 e. The summed E-state index contributed by atoms with van der Waals surface area (Å²) in [5, 5.41) is 4.96. The number of anilines is 2. The molecule has 32 heavy (non-hydrogen) atoms. The van der Waals surface area contributed by atoms with Crippen LogP contribution in [0.1, 0.15) is 10.6 Å². The predicted molar refractivity (Wildman–Crippen MR) is 134 cm³/mol. The topological polar surface area (TPSA) is 25.1 Å². The Morgan fingerprint density at radius 3 is 2.47 bits per heavy atom. The Kier molecular flexibility index (Phi) is 3.65. The Morgan fingerprint density at radius 1 is 0.844 bits per heavy atom. The van der Waals surface area contributed by atoms with Gasteiger partial charge >= 0.3 is 0 Å². The van der Waals surface area contributed by atoms with Crippen LogP contribution in [0.15, 0.2) is 78.9 Å². The maximum Gasteiger partial charge on any atom is 0.256 e. The third kappa shape index (κ3) is 2.34. The third-order valence-electron chi connectivity index (χ3n) is 6.69. The standard InChI is InChI=1S/C27H20BN2OS/c1-16-9-3-7-13-22(16)30-17(2)32-27-23(30)15-21-25-26(27)31-24-14-8-5-11-19(24)28(25)18-10-4-6-12-20(18)29-21/h3-15,29H,1-2H3/q+1. The van der Waals surface area contributed by atoms with Gasteiger partial charge in [-0.3, -0.25) is 0 Å². The molecule has 0 unspecified atom stereocenters. The number of hydrogen-bond acceptors (Lipinski definition) is 3. The lowest BCUT2D eigenvalue weighted by Crippen LogP contribution is -2.58. The number of benzene rings is 4. The molecule has 0 atom stereocenters. The fourth-order valence-electron chi connectivity index (χ4n) is 5.28. The highest BCUT2D eigenvalue weighted by atomic mass is 32.1. The predicted octanol–water partition coefficient (Wildman–Crippen LogP) is 4.47. The maximum absolute atomic E-state index is 6.64. The number of nitrogens with zero attached hydrogens (tertiary/aromatic N) is 1. The van der Waals surface area contributed by atoms with E-state index in [0.29, 0.717) is 0 Å². The lowest BCUT2D eigenvalue weighted by molar-refractivity contribution is -0.569. The average molecular weight is 431 g/mol. The van der Waals surface area contributed by atoms with E-state index in [0.717, 1.165) is 17.2 Å². The number of hydrogen-bond donors (Lipinski definition) is 1. The van der Waals surface area contributed by atoms with Crippen molar-refractivity contribution in [3.05, 3.63) is 89.4 Å². The largest absolute Gasteiger partial charge is 0.457 e. The molecule has 1 N–H and O–H groups in total. The van der Waals surface area contributed by atoms with Crippen molar-refractivity contribution >= 4 is 56.0 Å². The Balaban J connectivity index is 1.59. The van der Waals surface area contributed by atoms with Crippen molar-refractivity contribution in [3.8, 4) is 17.2 Å². The van der Waals surface area contributed by atoms with Crippen LogP contribution in [0, 0.1) is 13.8 Å². The van der Waals surface area contributed by atoms with Gasteiger partial charge in [-0.15, -0.1) is 4.57 Å². The minimum atomic E-state index is 0.168. The first-order chi connectivity index (χ1) is 15.7. The van der Waals surface area contributed by atoms with Crippen molar-refractivity contribution in [2.75, 3.05) is 5.32 Å². The molecule has 0 saturated carbocycles. The van der Waals surface area contributed by atoms with Gasteiger partial charge in [0, 0.05) is 36.0 Å². The molecule has 0 bridgehead atoms. The summed E-state index contributed by atoms with van der Waals surface area (Å²) in [6.45, 7) is 4.53. The summed E-state index contributed by atoms with van der Waals surface area (Å²) in [6.07, 6.45) is 0. The lowest BCUT2D eigenvalue weighted by Gasteiger charge is -2.33. The molecular weight excluding hydrogens is 411 g/mol. The van der Waals surface area contributed by atoms with Crippen molar-refractivity contribution in [2.45, 2.75) is 13.8 Å². The molecule has 0 aliphatic carbocycles. The maximum atomic E-state index is 6.64. The molecule has 5 heteroatoms. The molecular formula is C27H20BN2OS+. The van der Waals surface area contributed by atoms with Crippen molar-refractivity contribution in [2.24, 2.45) is 0 Å². The Morgan fingerprint density at radius 2 is 1.59 bits per heavy atom. The van der Waals surface area contributed by atoms with Crippen molar-refractivity contribution in [1.82, 2.24) is 0 Å². The second-order valence-corrected chi connectivity index (χ2v) is 9.75. The average Bonchev–Trinajstić information content (AvgIpc) is 3.15. The summed E-state index contributed by atoms with van der Waals surface area (Å²) in [6, 6.07) is 28.0. The zero-order valence-corrected chi connectivity index (χ0v) is 18.7. The number of aryl methyl sites for hydroxylation is 2. The van der Waals surface area contributed by atoms with Crippen LogP contribution in [0.4, 0.5) is 11.4 Å². The van der Waals surface area contributed by atoms with Crippen molar-refractivity contribution in [3.63, 3.8) is 0 Å². The van der Waals surface area contributed by atoms with Gasteiger partial charge in [0.05, 0.1) is 0 Å². The van der Waals surface area contributed by atoms with Crippen LogP contribution < -0.4 is 31.0 Å². The highest BCUT2D eigenvalue weighted by Crippen LogP contribution is 2.40. The Hall–Kier alpha value is -3.57. The summed E-state index contributed by atoms with van der Waals surface area (Å²) >= 11 is 1.81. The van der Waals surface area contributed by atoms with Crippen LogP contribution in [0.3, 0.4) is 0 Å². The van der Waals surface area contributed by atoms with E-state index < -0.39 is 0 Å². The van der Waals surface area contributed by atoms with Gasteiger partial charge in [-0.25, -0.2) is 0 Å². The molecule has 2 aliphatic heterocycles. The van der Waals surface area contributed by atoms with Gasteiger partial charge in [0.25, 0.3) is 6.71 Å². The fourth-order valence-corrected chi connectivity index (χ4v) is 6.36. The molecule has 0 amide bonds. The van der Waals surface area contributed by atoms with Gasteiger partial charge in [0.1, 0.15) is 16.2 Å². The first kappa shape index (κ1) is 18.0. The fraction of sp³-hybridized carbons (Fsp3) is 0.0741. The summed E-state index contributed by atoms with van der Waals surface area (Å²) in [5.74, 6) is 1.94. The van der Waals surface area contributed by atoms with E-state index >= 15 is 0 Å². The quantitative estimate of drug-likeness (QED) is 0.307. The van der Waals surface area contributed by atoms with E-state index in [4.69, 9.17) is 4.74 Å². The first-order valence-corrected chi connectivity index (χ1v) is 11.7. The SMILES string of the molecule is Cc1ccccc1-[n+]1c(C)sc2c3c4c(cc21)Nc1ccccc1B4c1ccccc1O3. The van der Waals surface area contributed by atoms with E-state index in [2.05, 4.69) is 103 Å². The van der Waals surface area contributed by atoms with E-state index in [1.165, 1.54) is 48.6 Å². The highest BCUT2D eigenvalue weighted by molar-refractivity contribution is 7.18. The zero-order valence-electron chi connectivity index (χ0n) is 17.8. The van der Waals surface area contributed by atoms with E-state index in [1.807, 2.05) is 11.3 Å². The Bertz CT molecular complexity index is 1560. The number of ether oxygens (including phenoxy) is 1. The molecule has 0 fully saturated rings. The van der Waals surface area contributed by atoms with Crippen LogP contribution in [-0.2, 0) is 0 Å². The molecule has 0 radical (unpaired) electrons.